The minimum Gasteiger partial charge on any atom is -0.497 e. The summed E-state index contributed by atoms with van der Waals surface area (Å²) in [4.78, 5) is 26.2. The van der Waals surface area contributed by atoms with E-state index >= 15 is 0 Å². The van der Waals surface area contributed by atoms with Crippen LogP contribution < -0.4 is 19.7 Å². The van der Waals surface area contributed by atoms with Gasteiger partial charge in [0.1, 0.15) is 17.5 Å². The van der Waals surface area contributed by atoms with Crippen LogP contribution in [0.15, 0.2) is 36.4 Å². The summed E-state index contributed by atoms with van der Waals surface area (Å²) in [5, 5.41) is 3.70. The Kier molecular flexibility index (Phi) is 5.25. The van der Waals surface area contributed by atoms with E-state index in [0.717, 1.165) is 4.90 Å². The molecular weight excluding hydrogens is 379 g/mol. The van der Waals surface area contributed by atoms with Gasteiger partial charge in [-0.3, -0.25) is 9.59 Å². The zero-order valence-corrected chi connectivity index (χ0v) is 15.6. The van der Waals surface area contributed by atoms with Crippen molar-refractivity contribution in [2.75, 3.05) is 24.4 Å². The zero-order valence-electron chi connectivity index (χ0n) is 14.1. The molecule has 0 aliphatic carbocycles. The van der Waals surface area contributed by atoms with Crippen LogP contribution in [0, 0.1) is 0 Å². The molecule has 2 aromatic rings. The summed E-state index contributed by atoms with van der Waals surface area (Å²) in [5.41, 5.74) is 0.982. The monoisotopic (exact) mass is 394 g/mol. The molecule has 0 saturated carbocycles. The van der Waals surface area contributed by atoms with Crippen LogP contribution >= 0.6 is 23.2 Å². The number of hydrogen-bond donors (Lipinski definition) is 1. The lowest BCUT2D eigenvalue weighted by atomic mass is 10.2. The van der Waals surface area contributed by atoms with Crippen LogP contribution in [0.4, 0.5) is 11.4 Å². The Labute approximate surface area is 160 Å². The number of ether oxygens (including phenoxy) is 2. The number of nitrogens with one attached hydrogen (secondary N) is 1. The molecule has 1 aliphatic rings. The van der Waals surface area contributed by atoms with Gasteiger partial charge in [0.05, 0.1) is 42.1 Å². The summed E-state index contributed by atoms with van der Waals surface area (Å²) < 4.78 is 10.5. The molecule has 2 amide bonds. The second-order valence-electron chi connectivity index (χ2n) is 5.63. The van der Waals surface area contributed by atoms with Gasteiger partial charge in [0.25, 0.3) is 5.91 Å². The van der Waals surface area contributed by atoms with Gasteiger partial charge in [-0.15, -0.1) is 0 Å². The Hall–Kier alpha value is -2.44. The Morgan fingerprint density at radius 1 is 1.04 bits per heavy atom. The fourth-order valence-corrected chi connectivity index (χ4v) is 3.04. The second-order valence-corrected chi connectivity index (χ2v) is 6.45. The van der Waals surface area contributed by atoms with E-state index in [1.165, 1.54) is 13.2 Å². The fourth-order valence-electron chi connectivity index (χ4n) is 2.75. The van der Waals surface area contributed by atoms with Crippen molar-refractivity contribution >= 4 is 46.4 Å². The SMILES string of the molecule is COc1ccc(N[C@H]2CC(=O)N(c3ccc(Cl)c(Cl)c3)C2=O)c(OC)c1. The third-order valence-corrected chi connectivity index (χ3v) is 4.79. The van der Waals surface area contributed by atoms with Crippen LogP contribution in [-0.2, 0) is 9.59 Å². The maximum absolute atomic E-state index is 12.7. The van der Waals surface area contributed by atoms with Crippen LogP contribution in [0.3, 0.4) is 0 Å². The first-order valence-electron chi connectivity index (χ1n) is 7.75. The number of carbonyl (C=O) groups excluding carboxylic acids is 2. The summed E-state index contributed by atoms with van der Waals surface area (Å²) in [5.74, 6) is 0.445. The minimum atomic E-state index is -0.709. The number of carbonyl (C=O) groups is 2. The number of anilines is 2. The molecule has 0 unspecified atom stereocenters. The topological polar surface area (TPSA) is 67.9 Å². The molecule has 26 heavy (non-hydrogen) atoms. The van der Waals surface area contributed by atoms with Crippen molar-refractivity contribution in [1.29, 1.82) is 0 Å². The highest BCUT2D eigenvalue weighted by Gasteiger charge is 2.40. The normalized spacial score (nSPS) is 16.8. The van der Waals surface area contributed by atoms with Crippen LogP contribution in [0.1, 0.15) is 6.42 Å². The highest BCUT2D eigenvalue weighted by atomic mass is 35.5. The molecule has 0 radical (unpaired) electrons. The first kappa shape index (κ1) is 18.4. The zero-order chi connectivity index (χ0) is 18.8. The van der Waals surface area contributed by atoms with E-state index in [2.05, 4.69) is 5.32 Å². The maximum atomic E-state index is 12.7. The molecule has 0 bridgehead atoms. The van der Waals surface area contributed by atoms with E-state index in [9.17, 15) is 9.59 Å². The molecule has 0 aromatic heterocycles. The van der Waals surface area contributed by atoms with Gasteiger partial charge in [-0.25, -0.2) is 4.90 Å². The van der Waals surface area contributed by atoms with Crippen molar-refractivity contribution < 1.29 is 19.1 Å². The number of halogens is 2. The molecule has 1 heterocycles. The molecule has 0 spiro atoms. The quantitative estimate of drug-likeness (QED) is 0.781. The van der Waals surface area contributed by atoms with Gasteiger partial charge in [0.15, 0.2) is 0 Å². The predicted molar refractivity (Wildman–Crippen MR) is 101 cm³/mol. The smallest absolute Gasteiger partial charge is 0.256 e. The Balaban J connectivity index is 1.84. The third kappa shape index (κ3) is 3.43. The van der Waals surface area contributed by atoms with E-state index in [-0.39, 0.29) is 23.3 Å². The van der Waals surface area contributed by atoms with Gasteiger partial charge in [-0.2, -0.15) is 0 Å². The van der Waals surface area contributed by atoms with Gasteiger partial charge in [-0.1, -0.05) is 23.2 Å². The summed E-state index contributed by atoms with van der Waals surface area (Å²) in [6.07, 6.45) is 0.0221. The summed E-state index contributed by atoms with van der Waals surface area (Å²) in [7, 11) is 3.07. The van der Waals surface area contributed by atoms with Crippen LogP contribution in [0.2, 0.25) is 10.0 Å². The minimum absolute atomic E-state index is 0.0221. The molecule has 3 rings (SSSR count). The lowest BCUT2D eigenvalue weighted by Crippen LogP contribution is -2.34. The summed E-state index contributed by atoms with van der Waals surface area (Å²) in [6, 6.07) is 9.09. The fraction of sp³-hybridized carbons (Fsp3) is 0.222. The third-order valence-electron chi connectivity index (χ3n) is 4.05. The molecule has 1 N–H and O–H groups in total. The van der Waals surface area contributed by atoms with Gasteiger partial charge < -0.3 is 14.8 Å². The summed E-state index contributed by atoms with van der Waals surface area (Å²) in [6.45, 7) is 0. The predicted octanol–water partition coefficient (Wildman–Crippen LogP) is 3.75. The number of hydrogen-bond acceptors (Lipinski definition) is 5. The van der Waals surface area contributed by atoms with Crippen molar-refractivity contribution in [2.45, 2.75) is 12.5 Å². The van der Waals surface area contributed by atoms with E-state index in [4.69, 9.17) is 32.7 Å². The van der Waals surface area contributed by atoms with E-state index in [1.54, 1.807) is 37.4 Å². The Morgan fingerprint density at radius 2 is 1.81 bits per heavy atom. The standard InChI is InChI=1S/C18H16Cl2N2O4/c1-25-11-4-6-14(16(8-11)26-2)21-15-9-17(23)22(18(15)24)10-3-5-12(19)13(20)7-10/h3-8,15,21H,9H2,1-2H3/t15-/m0/s1. The van der Waals surface area contributed by atoms with Gasteiger partial charge in [-0.05, 0) is 30.3 Å². The van der Waals surface area contributed by atoms with E-state index in [1.807, 2.05) is 0 Å². The average Bonchev–Trinajstić information content (AvgIpc) is 2.91. The number of rotatable bonds is 5. The molecule has 2 aromatic carbocycles. The highest BCUT2D eigenvalue weighted by molar-refractivity contribution is 6.42. The van der Waals surface area contributed by atoms with Gasteiger partial charge in [0.2, 0.25) is 5.91 Å². The molecule has 136 valence electrons. The molecule has 1 aliphatic heterocycles. The van der Waals surface area contributed by atoms with Crippen LogP contribution in [-0.4, -0.2) is 32.1 Å². The van der Waals surface area contributed by atoms with E-state index < -0.39 is 6.04 Å². The maximum Gasteiger partial charge on any atom is 0.256 e. The first-order valence-corrected chi connectivity index (χ1v) is 8.50. The first-order chi connectivity index (χ1) is 12.4. The second kappa shape index (κ2) is 7.43. The lowest BCUT2D eigenvalue weighted by Gasteiger charge is -2.18. The molecule has 1 saturated heterocycles. The van der Waals surface area contributed by atoms with Crippen LogP contribution in [0.25, 0.3) is 0 Å². The molecule has 6 nitrogen and oxygen atoms in total. The van der Waals surface area contributed by atoms with Crippen molar-refractivity contribution in [3.8, 4) is 11.5 Å². The number of methoxy groups -OCH3 is 2. The molecule has 1 fully saturated rings. The Bertz CT molecular complexity index is 872. The number of amides is 2. The molecule has 8 heteroatoms. The molecule has 1 atom stereocenters. The average molecular weight is 395 g/mol. The molecular formula is C18H16Cl2N2O4. The van der Waals surface area contributed by atoms with Crippen molar-refractivity contribution in [3.05, 3.63) is 46.4 Å². The Morgan fingerprint density at radius 3 is 2.46 bits per heavy atom. The van der Waals surface area contributed by atoms with Crippen molar-refractivity contribution in [2.24, 2.45) is 0 Å². The number of benzene rings is 2. The van der Waals surface area contributed by atoms with Gasteiger partial charge in [0, 0.05) is 6.07 Å². The van der Waals surface area contributed by atoms with E-state index in [0.29, 0.717) is 27.9 Å². The largest absolute Gasteiger partial charge is 0.497 e. The number of nitrogens with zero attached hydrogens (tertiary/aromatic N) is 1. The van der Waals surface area contributed by atoms with Crippen molar-refractivity contribution in [1.82, 2.24) is 0 Å². The van der Waals surface area contributed by atoms with Crippen molar-refractivity contribution in [3.63, 3.8) is 0 Å². The van der Waals surface area contributed by atoms with Gasteiger partial charge >= 0.3 is 0 Å². The summed E-state index contributed by atoms with van der Waals surface area (Å²) >= 11 is 11.9. The highest BCUT2D eigenvalue weighted by Crippen LogP contribution is 2.33. The lowest BCUT2D eigenvalue weighted by molar-refractivity contribution is -0.121. The van der Waals surface area contributed by atoms with Crippen LogP contribution in [0.5, 0.6) is 11.5 Å². The number of imide groups is 1.